The summed E-state index contributed by atoms with van der Waals surface area (Å²) in [6.07, 6.45) is 3.75. The van der Waals surface area contributed by atoms with E-state index >= 15 is 0 Å². The number of aryl methyl sites for hydroxylation is 1. The highest BCUT2D eigenvalue weighted by Gasteiger charge is 2.21. The third kappa shape index (κ3) is 2.18. The monoisotopic (exact) mass is 281 g/mol. The molecule has 0 N–H and O–H groups in total. The Labute approximate surface area is 122 Å². The van der Waals surface area contributed by atoms with Gasteiger partial charge in [-0.2, -0.15) is 4.68 Å². The molecule has 0 fully saturated rings. The quantitative estimate of drug-likeness (QED) is 0.720. The SMILES string of the molecule is c1ccc(-n2nnnc2N2CCCc3occc3C2)cc1. The van der Waals surface area contributed by atoms with Gasteiger partial charge in [0.2, 0.25) is 0 Å². The van der Waals surface area contributed by atoms with Crippen molar-refractivity contribution in [1.82, 2.24) is 20.2 Å². The van der Waals surface area contributed by atoms with Gasteiger partial charge in [-0.1, -0.05) is 23.3 Å². The number of benzene rings is 1. The number of nitrogens with zero attached hydrogens (tertiary/aromatic N) is 5. The second-order valence-electron chi connectivity index (χ2n) is 5.12. The van der Waals surface area contributed by atoms with Gasteiger partial charge in [0.25, 0.3) is 5.95 Å². The van der Waals surface area contributed by atoms with Crippen molar-refractivity contribution < 1.29 is 4.42 Å². The Hall–Kier alpha value is -2.63. The van der Waals surface area contributed by atoms with Crippen LogP contribution >= 0.6 is 0 Å². The summed E-state index contributed by atoms with van der Waals surface area (Å²) in [5.74, 6) is 1.85. The Bertz CT molecular complexity index is 733. The van der Waals surface area contributed by atoms with Crippen LogP contribution < -0.4 is 4.90 Å². The zero-order valence-corrected chi connectivity index (χ0v) is 11.5. The topological polar surface area (TPSA) is 60.0 Å². The fourth-order valence-electron chi connectivity index (χ4n) is 2.73. The van der Waals surface area contributed by atoms with Crippen LogP contribution in [0.2, 0.25) is 0 Å². The normalized spacial score (nSPS) is 14.8. The highest BCUT2D eigenvalue weighted by atomic mass is 16.3. The molecule has 1 aromatic carbocycles. The van der Waals surface area contributed by atoms with E-state index in [1.165, 1.54) is 5.56 Å². The minimum Gasteiger partial charge on any atom is -0.469 e. The smallest absolute Gasteiger partial charge is 0.250 e. The fourth-order valence-corrected chi connectivity index (χ4v) is 2.73. The lowest BCUT2D eigenvalue weighted by Gasteiger charge is -2.20. The summed E-state index contributed by atoms with van der Waals surface area (Å²) in [7, 11) is 0. The van der Waals surface area contributed by atoms with E-state index in [2.05, 4.69) is 20.4 Å². The van der Waals surface area contributed by atoms with Crippen molar-refractivity contribution in [2.45, 2.75) is 19.4 Å². The molecule has 0 unspecified atom stereocenters. The molecular weight excluding hydrogens is 266 g/mol. The molecule has 0 saturated heterocycles. The summed E-state index contributed by atoms with van der Waals surface area (Å²) in [6.45, 7) is 1.69. The van der Waals surface area contributed by atoms with Crippen molar-refractivity contribution in [3.63, 3.8) is 0 Å². The Kier molecular flexibility index (Phi) is 2.92. The van der Waals surface area contributed by atoms with Gasteiger partial charge in [-0.25, -0.2) is 0 Å². The van der Waals surface area contributed by atoms with Crippen LogP contribution in [0.25, 0.3) is 5.69 Å². The van der Waals surface area contributed by atoms with Crippen LogP contribution in [0.1, 0.15) is 17.7 Å². The molecule has 2 aromatic heterocycles. The summed E-state index contributed by atoms with van der Waals surface area (Å²) in [5.41, 5.74) is 2.18. The van der Waals surface area contributed by atoms with Gasteiger partial charge >= 0.3 is 0 Å². The van der Waals surface area contributed by atoms with Crippen LogP contribution in [-0.4, -0.2) is 26.8 Å². The molecule has 6 nitrogen and oxygen atoms in total. The molecular formula is C15H15N5O. The number of para-hydroxylation sites is 1. The molecule has 0 spiro atoms. The number of fused-ring (bicyclic) bond motifs is 1. The fraction of sp³-hybridized carbons (Fsp3) is 0.267. The maximum Gasteiger partial charge on any atom is 0.250 e. The highest BCUT2D eigenvalue weighted by molar-refractivity contribution is 5.42. The third-order valence-corrected chi connectivity index (χ3v) is 3.77. The van der Waals surface area contributed by atoms with E-state index in [9.17, 15) is 0 Å². The number of hydrogen-bond acceptors (Lipinski definition) is 5. The van der Waals surface area contributed by atoms with Crippen LogP contribution in [0.15, 0.2) is 47.1 Å². The summed E-state index contributed by atoms with van der Waals surface area (Å²) in [6, 6.07) is 12.0. The molecule has 106 valence electrons. The van der Waals surface area contributed by atoms with Gasteiger partial charge in [-0.15, -0.1) is 0 Å². The van der Waals surface area contributed by atoms with Gasteiger partial charge in [0.15, 0.2) is 0 Å². The summed E-state index contributed by atoms with van der Waals surface area (Å²) >= 11 is 0. The van der Waals surface area contributed by atoms with Gasteiger partial charge in [-0.05, 0) is 35.0 Å². The predicted octanol–water partition coefficient (Wildman–Crippen LogP) is 2.21. The molecule has 0 radical (unpaired) electrons. The number of rotatable bonds is 2. The van der Waals surface area contributed by atoms with E-state index in [0.717, 1.165) is 43.3 Å². The van der Waals surface area contributed by atoms with Crippen LogP contribution in [0.3, 0.4) is 0 Å². The Morgan fingerprint density at radius 3 is 2.90 bits per heavy atom. The van der Waals surface area contributed by atoms with Crippen molar-refractivity contribution in [3.8, 4) is 5.69 Å². The molecule has 3 aromatic rings. The van der Waals surface area contributed by atoms with Crippen molar-refractivity contribution in [1.29, 1.82) is 0 Å². The molecule has 6 heteroatoms. The van der Waals surface area contributed by atoms with E-state index in [1.54, 1.807) is 10.9 Å². The molecule has 0 atom stereocenters. The lowest BCUT2D eigenvalue weighted by molar-refractivity contribution is 0.504. The van der Waals surface area contributed by atoms with Crippen LogP contribution in [0.4, 0.5) is 5.95 Å². The van der Waals surface area contributed by atoms with E-state index in [-0.39, 0.29) is 0 Å². The van der Waals surface area contributed by atoms with Crippen molar-refractivity contribution in [2.75, 3.05) is 11.4 Å². The lowest BCUT2D eigenvalue weighted by atomic mass is 10.2. The maximum atomic E-state index is 5.53. The second kappa shape index (κ2) is 5.05. The first-order chi connectivity index (χ1) is 10.4. The number of tetrazole rings is 1. The second-order valence-corrected chi connectivity index (χ2v) is 5.12. The van der Waals surface area contributed by atoms with E-state index in [4.69, 9.17) is 4.42 Å². The molecule has 3 heterocycles. The maximum absolute atomic E-state index is 5.53. The molecule has 1 aliphatic heterocycles. The standard InChI is InChI=1S/C15H15N5O/c1-2-5-13(6-3-1)20-15(16-17-18-20)19-9-4-7-14-12(11-19)8-10-21-14/h1-3,5-6,8,10H,4,7,9,11H2. The van der Waals surface area contributed by atoms with Gasteiger partial charge in [0.05, 0.1) is 12.0 Å². The van der Waals surface area contributed by atoms with E-state index < -0.39 is 0 Å². The Balaban J connectivity index is 1.70. The van der Waals surface area contributed by atoms with Crippen LogP contribution in [0, 0.1) is 0 Å². The summed E-state index contributed by atoms with van der Waals surface area (Å²) < 4.78 is 7.31. The predicted molar refractivity (Wildman–Crippen MR) is 77.2 cm³/mol. The number of furan rings is 1. The lowest BCUT2D eigenvalue weighted by Crippen LogP contribution is -2.25. The zero-order chi connectivity index (χ0) is 14.1. The number of anilines is 1. The first kappa shape index (κ1) is 12.1. The minimum atomic E-state index is 0.773. The van der Waals surface area contributed by atoms with Gasteiger partial charge in [0.1, 0.15) is 5.76 Å². The highest BCUT2D eigenvalue weighted by Crippen LogP contribution is 2.24. The summed E-state index contributed by atoms with van der Waals surface area (Å²) in [5, 5.41) is 12.2. The number of aromatic nitrogens is 4. The molecule has 1 aliphatic rings. The molecule has 0 amide bonds. The molecule has 0 bridgehead atoms. The Morgan fingerprint density at radius 1 is 1.10 bits per heavy atom. The first-order valence-electron chi connectivity index (χ1n) is 7.06. The van der Waals surface area contributed by atoms with Gasteiger partial charge in [0, 0.05) is 25.1 Å². The zero-order valence-electron chi connectivity index (χ0n) is 11.5. The average Bonchev–Trinajstić information content (AvgIpc) is 3.13. The summed E-state index contributed by atoms with van der Waals surface area (Å²) in [4.78, 5) is 2.20. The largest absolute Gasteiger partial charge is 0.469 e. The number of hydrogen-bond donors (Lipinski definition) is 0. The van der Waals surface area contributed by atoms with Crippen LogP contribution in [0.5, 0.6) is 0 Å². The molecule has 0 saturated carbocycles. The Morgan fingerprint density at radius 2 is 2.00 bits per heavy atom. The van der Waals surface area contributed by atoms with Gasteiger partial charge in [-0.3, -0.25) is 0 Å². The average molecular weight is 281 g/mol. The van der Waals surface area contributed by atoms with Crippen molar-refractivity contribution in [2.24, 2.45) is 0 Å². The van der Waals surface area contributed by atoms with E-state index in [0.29, 0.717) is 0 Å². The molecule has 4 rings (SSSR count). The van der Waals surface area contributed by atoms with Crippen LogP contribution in [-0.2, 0) is 13.0 Å². The van der Waals surface area contributed by atoms with Crippen molar-refractivity contribution in [3.05, 3.63) is 54.0 Å². The third-order valence-electron chi connectivity index (χ3n) is 3.77. The molecule has 21 heavy (non-hydrogen) atoms. The first-order valence-corrected chi connectivity index (χ1v) is 7.06. The van der Waals surface area contributed by atoms with E-state index in [1.807, 2.05) is 36.4 Å². The minimum absolute atomic E-state index is 0.773. The molecule has 0 aliphatic carbocycles. The van der Waals surface area contributed by atoms with Crippen molar-refractivity contribution >= 4 is 5.95 Å². The van der Waals surface area contributed by atoms with Gasteiger partial charge < -0.3 is 9.32 Å².